The van der Waals surface area contributed by atoms with Crippen LogP contribution in [0.25, 0.3) is 0 Å². The summed E-state index contributed by atoms with van der Waals surface area (Å²) in [6.45, 7) is 6.53. The Morgan fingerprint density at radius 2 is 1.85 bits per heavy atom. The van der Waals surface area contributed by atoms with Crippen LogP contribution in [0.3, 0.4) is 0 Å². The van der Waals surface area contributed by atoms with Crippen molar-refractivity contribution in [3.63, 3.8) is 0 Å². The van der Waals surface area contributed by atoms with E-state index in [9.17, 15) is 0 Å². The lowest BCUT2D eigenvalue weighted by molar-refractivity contribution is 0.284. The predicted molar refractivity (Wildman–Crippen MR) is 110 cm³/mol. The van der Waals surface area contributed by atoms with E-state index >= 15 is 0 Å². The van der Waals surface area contributed by atoms with Crippen LogP contribution in [-0.2, 0) is 6.61 Å². The van der Waals surface area contributed by atoms with Crippen molar-refractivity contribution in [3.8, 4) is 11.5 Å². The van der Waals surface area contributed by atoms with Gasteiger partial charge in [0.1, 0.15) is 6.61 Å². The monoisotopic (exact) mass is 371 g/mol. The minimum atomic E-state index is -0.125. The highest BCUT2D eigenvalue weighted by atomic mass is 32.1. The molecule has 0 aliphatic heterocycles. The molecule has 0 radical (unpaired) electrons. The minimum Gasteiger partial charge on any atom is -0.493 e. The molecule has 2 N–H and O–H groups in total. The number of nitrogens with zero attached hydrogens (tertiary/aromatic N) is 1. The van der Waals surface area contributed by atoms with Crippen LogP contribution in [0, 0.1) is 0 Å². The molecule has 0 atom stereocenters. The average molecular weight is 372 g/mol. The molecule has 5 nitrogen and oxygen atoms in total. The van der Waals surface area contributed by atoms with Crippen molar-refractivity contribution >= 4 is 23.5 Å². The Morgan fingerprint density at radius 3 is 2.50 bits per heavy atom. The molecule has 0 bridgehead atoms. The molecule has 0 fully saturated rings. The molecule has 0 unspecified atom stereocenters. The summed E-state index contributed by atoms with van der Waals surface area (Å²) in [5.74, 6) is 1.29. The lowest BCUT2D eigenvalue weighted by Crippen LogP contribution is -2.44. The summed E-state index contributed by atoms with van der Waals surface area (Å²) in [7, 11) is 1.62. The Bertz CT molecular complexity index is 755. The van der Waals surface area contributed by atoms with Gasteiger partial charge < -0.3 is 14.8 Å². The number of thiocarbonyl (C=S) groups is 1. The van der Waals surface area contributed by atoms with Crippen molar-refractivity contribution in [2.75, 3.05) is 7.11 Å². The van der Waals surface area contributed by atoms with E-state index in [0.29, 0.717) is 23.2 Å². The number of hydrazone groups is 1. The van der Waals surface area contributed by atoms with E-state index < -0.39 is 0 Å². The molecule has 0 heterocycles. The first-order chi connectivity index (χ1) is 12.4. The quantitative estimate of drug-likeness (QED) is 0.459. The van der Waals surface area contributed by atoms with Crippen molar-refractivity contribution in [3.05, 3.63) is 59.7 Å². The van der Waals surface area contributed by atoms with Crippen LogP contribution in [0.1, 0.15) is 31.9 Å². The summed E-state index contributed by atoms with van der Waals surface area (Å²) in [5, 5.41) is 7.80. The molecule has 0 saturated heterocycles. The highest BCUT2D eigenvalue weighted by molar-refractivity contribution is 7.80. The van der Waals surface area contributed by atoms with E-state index in [1.54, 1.807) is 13.3 Å². The van der Waals surface area contributed by atoms with Crippen LogP contribution in [0.5, 0.6) is 11.5 Å². The second-order valence-electron chi connectivity index (χ2n) is 6.73. The summed E-state index contributed by atoms with van der Waals surface area (Å²) in [6.07, 6.45) is 1.67. The number of rotatable bonds is 6. The first-order valence-electron chi connectivity index (χ1n) is 8.34. The maximum Gasteiger partial charge on any atom is 0.187 e. The molecule has 0 spiro atoms. The van der Waals surface area contributed by atoms with Crippen LogP contribution in [0.2, 0.25) is 0 Å². The molecule has 26 heavy (non-hydrogen) atoms. The standard InChI is InChI=1S/C20H25N3O2S/c1-20(2,3)22-19(26)23-21-13-16-11-8-12-17(24-4)18(16)25-14-15-9-6-5-7-10-15/h5-13H,14H2,1-4H3,(H2,22,23,26)/b21-13-. The second-order valence-corrected chi connectivity index (χ2v) is 7.14. The SMILES string of the molecule is COc1cccc(/C=N\NC(=S)NC(C)(C)C)c1OCc1ccccc1. The number of nitrogens with one attached hydrogen (secondary N) is 2. The number of hydrogen-bond donors (Lipinski definition) is 2. The normalized spacial score (nSPS) is 11.2. The molecule has 0 aliphatic carbocycles. The Balaban J connectivity index is 2.10. The van der Waals surface area contributed by atoms with E-state index in [2.05, 4.69) is 15.8 Å². The fraction of sp³-hybridized carbons (Fsp3) is 0.300. The van der Waals surface area contributed by atoms with Crippen LogP contribution in [0.15, 0.2) is 53.6 Å². The lowest BCUT2D eigenvalue weighted by atomic mass is 10.1. The maximum atomic E-state index is 5.99. The molecule has 2 aromatic carbocycles. The van der Waals surface area contributed by atoms with E-state index in [4.69, 9.17) is 21.7 Å². The fourth-order valence-electron chi connectivity index (χ4n) is 2.21. The van der Waals surface area contributed by atoms with Gasteiger partial charge in [0.25, 0.3) is 0 Å². The molecular formula is C20H25N3O2S. The van der Waals surface area contributed by atoms with E-state index in [1.807, 2.05) is 69.3 Å². The summed E-state index contributed by atoms with van der Waals surface area (Å²) < 4.78 is 11.4. The summed E-state index contributed by atoms with van der Waals surface area (Å²) in [6, 6.07) is 15.6. The number of ether oxygens (including phenoxy) is 2. The highest BCUT2D eigenvalue weighted by Crippen LogP contribution is 2.30. The first kappa shape index (κ1) is 19.7. The smallest absolute Gasteiger partial charge is 0.187 e. The molecule has 2 rings (SSSR count). The molecule has 0 amide bonds. The van der Waals surface area contributed by atoms with Gasteiger partial charge in [-0.15, -0.1) is 0 Å². The zero-order valence-corrected chi connectivity index (χ0v) is 16.4. The Kier molecular flexibility index (Phi) is 6.97. The third kappa shape index (κ3) is 6.37. The van der Waals surface area contributed by atoms with Crippen LogP contribution < -0.4 is 20.2 Å². The predicted octanol–water partition coefficient (Wildman–Crippen LogP) is 3.87. The fourth-order valence-corrected chi connectivity index (χ4v) is 2.57. The largest absolute Gasteiger partial charge is 0.493 e. The van der Waals surface area contributed by atoms with E-state index in [1.165, 1.54) is 0 Å². The van der Waals surface area contributed by atoms with Crippen LogP contribution >= 0.6 is 12.2 Å². The van der Waals surface area contributed by atoms with Crippen molar-refractivity contribution in [2.24, 2.45) is 5.10 Å². The van der Waals surface area contributed by atoms with Gasteiger partial charge in [0.15, 0.2) is 16.6 Å². The minimum absolute atomic E-state index is 0.125. The second kappa shape index (κ2) is 9.20. The summed E-state index contributed by atoms with van der Waals surface area (Å²) in [5.41, 5.74) is 4.57. The van der Waals surface area contributed by atoms with E-state index in [0.717, 1.165) is 11.1 Å². The molecular weight excluding hydrogens is 346 g/mol. The molecule has 138 valence electrons. The first-order valence-corrected chi connectivity index (χ1v) is 8.75. The Labute approximate surface area is 160 Å². The topological polar surface area (TPSA) is 54.9 Å². The van der Waals surface area contributed by atoms with Gasteiger partial charge in [-0.05, 0) is 50.7 Å². The van der Waals surface area contributed by atoms with Crippen molar-refractivity contribution < 1.29 is 9.47 Å². The number of para-hydroxylation sites is 1. The van der Waals surface area contributed by atoms with Gasteiger partial charge in [-0.1, -0.05) is 36.4 Å². The zero-order chi connectivity index (χ0) is 19.0. The van der Waals surface area contributed by atoms with Gasteiger partial charge in [-0.3, -0.25) is 5.43 Å². The maximum absolute atomic E-state index is 5.99. The van der Waals surface area contributed by atoms with Crippen molar-refractivity contribution in [1.29, 1.82) is 0 Å². The lowest BCUT2D eigenvalue weighted by Gasteiger charge is -2.21. The van der Waals surface area contributed by atoms with Crippen molar-refractivity contribution in [1.82, 2.24) is 10.7 Å². The van der Waals surface area contributed by atoms with Crippen molar-refractivity contribution in [2.45, 2.75) is 32.9 Å². The zero-order valence-electron chi connectivity index (χ0n) is 15.6. The highest BCUT2D eigenvalue weighted by Gasteiger charge is 2.11. The third-order valence-electron chi connectivity index (χ3n) is 3.31. The molecule has 6 heteroatoms. The van der Waals surface area contributed by atoms with Crippen LogP contribution in [0.4, 0.5) is 0 Å². The molecule has 0 aromatic heterocycles. The molecule has 2 aromatic rings. The Hall–Kier alpha value is -2.60. The van der Waals surface area contributed by atoms with E-state index in [-0.39, 0.29) is 5.54 Å². The van der Waals surface area contributed by atoms with Gasteiger partial charge in [-0.2, -0.15) is 5.10 Å². The van der Waals surface area contributed by atoms with Gasteiger partial charge in [0.05, 0.1) is 13.3 Å². The summed E-state index contributed by atoms with van der Waals surface area (Å²) in [4.78, 5) is 0. The Morgan fingerprint density at radius 1 is 1.12 bits per heavy atom. The summed E-state index contributed by atoms with van der Waals surface area (Å²) >= 11 is 5.22. The number of methoxy groups -OCH3 is 1. The molecule has 0 aliphatic rings. The van der Waals surface area contributed by atoms with Gasteiger partial charge >= 0.3 is 0 Å². The number of hydrogen-bond acceptors (Lipinski definition) is 4. The van der Waals surface area contributed by atoms with Gasteiger partial charge in [-0.25, -0.2) is 0 Å². The van der Waals surface area contributed by atoms with Gasteiger partial charge in [0, 0.05) is 11.1 Å². The van der Waals surface area contributed by atoms with Crippen LogP contribution in [-0.4, -0.2) is 24.0 Å². The average Bonchev–Trinajstić information content (AvgIpc) is 2.59. The number of benzene rings is 2. The molecule has 0 saturated carbocycles. The third-order valence-corrected chi connectivity index (χ3v) is 3.51. The van der Waals surface area contributed by atoms with Gasteiger partial charge in [0.2, 0.25) is 0 Å².